The smallest absolute Gasteiger partial charge is 0.339 e. The Morgan fingerprint density at radius 3 is 2.83 bits per heavy atom. The molecule has 1 atom stereocenters. The lowest BCUT2D eigenvalue weighted by Gasteiger charge is -2.13. The molecular weight excluding hydrogens is 316 g/mol. The Hall–Kier alpha value is -2.14. The van der Waals surface area contributed by atoms with Gasteiger partial charge in [0.15, 0.2) is 6.61 Å². The summed E-state index contributed by atoms with van der Waals surface area (Å²) >= 11 is 5.94. The highest BCUT2D eigenvalue weighted by Crippen LogP contribution is 2.21. The minimum absolute atomic E-state index is 0.0578. The number of carbonyl (C=O) groups excluding carboxylic acids is 2. The first-order valence-electron chi connectivity index (χ1n) is 7.53. The van der Waals surface area contributed by atoms with Crippen LogP contribution in [0.15, 0.2) is 30.3 Å². The van der Waals surface area contributed by atoms with Gasteiger partial charge in [0, 0.05) is 11.4 Å². The number of rotatable bonds is 6. The number of nitrogens with one attached hydrogen (secondary N) is 1. The van der Waals surface area contributed by atoms with Crippen LogP contribution in [0, 0.1) is 0 Å². The average Bonchev–Trinajstić information content (AvgIpc) is 2.52. The minimum Gasteiger partial charge on any atom is -0.452 e. The van der Waals surface area contributed by atoms with E-state index in [2.05, 4.69) is 10.3 Å². The van der Waals surface area contributed by atoms with Gasteiger partial charge in [-0.3, -0.25) is 4.79 Å². The van der Waals surface area contributed by atoms with Crippen LogP contribution >= 0.6 is 11.6 Å². The molecule has 0 saturated heterocycles. The molecule has 0 fully saturated rings. The third-order valence-electron chi connectivity index (χ3n) is 3.37. The second-order valence-electron chi connectivity index (χ2n) is 5.34. The second kappa shape index (κ2) is 7.92. The first-order chi connectivity index (χ1) is 11.0. The predicted molar refractivity (Wildman–Crippen MR) is 89.5 cm³/mol. The molecule has 6 heteroatoms. The quantitative estimate of drug-likeness (QED) is 0.649. The van der Waals surface area contributed by atoms with Crippen molar-refractivity contribution in [2.75, 3.05) is 6.61 Å². The lowest BCUT2D eigenvalue weighted by atomic mass is 10.1. The standard InChI is InChI=1S/C17H19ClN2O3/c1-3-6-11(2)19-16(21)10-23-17(22)13-9-15(18)20-14-8-5-4-7-12(13)14/h4-5,7-9,11H,3,6,10H2,1-2H3,(H,19,21)/t11-/m0/s1. The van der Waals surface area contributed by atoms with Gasteiger partial charge in [-0.15, -0.1) is 0 Å². The van der Waals surface area contributed by atoms with Crippen molar-refractivity contribution in [3.63, 3.8) is 0 Å². The number of ether oxygens (including phenoxy) is 1. The summed E-state index contributed by atoms with van der Waals surface area (Å²) in [6, 6.07) is 8.64. The van der Waals surface area contributed by atoms with Crippen molar-refractivity contribution < 1.29 is 14.3 Å². The number of halogens is 1. The molecule has 0 aliphatic heterocycles. The Kier molecular flexibility index (Phi) is 5.93. The molecule has 1 aromatic heterocycles. The average molecular weight is 335 g/mol. The van der Waals surface area contributed by atoms with Crippen molar-refractivity contribution in [2.45, 2.75) is 32.7 Å². The number of fused-ring (bicyclic) bond motifs is 1. The van der Waals surface area contributed by atoms with E-state index in [0.717, 1.165) is 12.8 Å². The van der Waals surface area contributed by atoms with E-state index < -0.39 is 5.97 Å². The van der Waals surface area contributed by atoms with Crippen molar-refractivity contribution in [2.24, 2.45) is 0 Å². The first-order valence-corrected chi connectivity index (χ1v) is 7.90. The molecule has 0 bridgehead atoms. The number of benzene rings is 1. The maximum Gasteiger partial charge on any atom is 0.339 e. The topological polar surface area (TPSA) is 68.3 Å². The molecule has 0 aliphatic rings. The van der Waals surface area contributed by atoms with E-state index in [1.54, 1.807) is 18.2 Å². The maximum absolute atomic E-state index is 12.2. The lowest BCUT2D eigenvalue weighted by Crippen LogP contribution is -2.35. The van der Waals surface area contributed by atoms with E-state index in [9.17, 15) is 9.59 Å². The molecule has 1 heterocycles. The van der Waals surface area contributed by atoms with Crippen LogP contribution in [0.5, 0.6) is 0 Å². The van der Waals surface area contributed by atoms with Crippen LogP contribution in [0.4, 0.5) is 0 Å². The molecule has 1 amide bonds. The van der Waals surface area contributed by atoms with E-state index in [1.807, 2.05) is 19.9 Å². The van der Waals surface area contributed by atoms with Crippen LogP contribution < -0.4 is 5.32 Å². The molecular formula is C17H19ClN2O3. The van der Waals surface area contributed by atoms with Crippen LogP contribution in [0.2, 0.25) is 5.15 Å². The van der Waals surface area contributed by atoms with Crippen LogP contribution in [0.25, 0.3) is 10.9 Å². The Morgan fingerprint density at radius 2 is 2.09 bits per heavy atom. The summed E-state index contributed by atoms with van der Waals surface area (Å²) in [5.74, 6) is -0.910. The third-order valence-corrected chi connectivity index (χ3v) is 3.56. The maximum atomic E-state index is 12.2. The first kappa shape index (κ1) is 17.2. The van der Waals surface area contributed by atoms with Gasteiger partial charge < -0.3 is 10.1 Å². The van der Waals surface area contributed by atoms with Gasteiger partial charge in [0.05, 0.1) is 11.1 Å². The molecule has 5 nitrogen and oxygen atoms in total. The number of aromatic nitrogens is 1. The molecule has 2 aromatic rings. The third kappa shape index (κ3) is 4.66. The number of hydrogen-bond acceptors (Lipinski definition) is 4. The van der Waals surface area contributed by atoms with Crippen molar-refractivity contribution in [1.82, 2.24) is 10.3 Å². The van der Waals surface area contributed by atoms with E-state index in [1.165, 1.54) is 6.07 Å². The number of nitrogens with zero attached hydrogens (tertiary/aromatic N) is 1. The van der Waals surface area contributed by atoms with Gasteiger partial charge in [-0.1, -0.05) is 43.1 Å². The largest absolute Gasteiger partial charge is 0.452 e. The predicted octanol–water partition coefficient (Wildman–Crippen LogP) is 3.35. The van der Waals surface area contributed by atoms with Crippen molar-refractivity contribution in [1.29, 1.82) is 0 Å². The number of carbonyl (C=O) groups is 2. The fourth-order valence-corrected chi connectivity index (χ4v) is 2.54. The summed E-state index contributed by atoms with van der Waals surface area (Å²) in [6.45, 7) is 3.64. The summed E-state index contributed by atoms with van der Waals surface area (Å²) in [5.41, 5.74) is 0.906. The molecule has 0 unspecified atom stereocenters. The van der Waals surface area contributed by atoms with E-state index in [0.29, 0.717) is 16.5 Å². The van der Waals surface area contributed by atoms with E-state index >= 15 is 0 Å². The van der Waals surface area contributed by atoms with Crippen molar-refractivity contribution in [3.05, 3.63) is 41.0 Å². The summed E-state index contributed by atoms with van der Waals surface area (Å²) in [4.78, 5) is 28.2. The van der Waals surface area contributed by atoms with Crippen molar-refractivity contribution >= 4 is 34.4 Å². The van der Waals surface area contributed by atoms with Crippen LogP contribution in [0.3, 0.4) is 0 Å². The molecule has 122 valence electrons. The SMILES string of the molecule is CCC[C@H](C)NC(=O)COC(=O)c1cc(Cl)nc2ccccc12. The number of amides is 1. The number of esters is 1. The molecule has 2 rings (SSSR count). The van der Waals surface area contributed by atoms with E-state index in [-0.39, 0.29) is 23.7 Å². The van der Waals surface area contributed by atoms with Gasteiger partial charge >= 0.3 is 5.97 Å². The molecule has 1 aromatic carbocycles. The number of hydrogen-bond donors (Lipinski definition) is 1. The number of pyridine rings is 1. The van der Waals surface area contributed by atoms with Crippen LogP contribution in [-0.2, 0) is 9.53 Å². The zero-order valence-corrected chi connectivity index (χ0v) is 13.9. The Balaban J connectivity index is 2.05. The molecule has 0 radical (unpaired) electrons. The minimum atomic E-state index is -0.594. The van der Waals surface area contributed by atoms with Crippen molar-refractivity contribution in [3.8, 4) is 0 Å². The van der Waals surface area contributed by atoms with Gasteiger partial charge in [0.1, 0.15) is 5.15 Å². The summed E-state index contributed by atoms with van der Waals surface area (Å²) in [6.07, 6.45) is 1.85. The molecule has 0 spiro atoms. The number of para-hydroxylation sites is 1. The van der Waals surface area contributed by atoms with E-state index in [4.69, 9.17) is 16.3 Å². The monoisotopic (exact) mass is 334 g/mol. The Labute approximate surface area is 140 Å². The fraction of sp³-hybridized carbons (Fsp3) is 0.353. The van der Waals surface area contributed by atoms with Gasteiger partial charge in [-0.2, -0.15) is 0 Å². The fourth-order valence-electron chi connectivity index (χ4n) is 2.34. The zero-order valence-electron chi connectivity index (χ0n) is 13.1. The van der Waals surface area contributed by atoms with Crippen LogP contribution in [-0.4, -0.2) is 29.5 Å². The van der Waals surface area contributed by atoms with Gasteiger partial charge in [0.25, 0.3) is 5.91 Å². The molecule has 1 N–H and O–H groups in total. The Bertz CT molecular complexity index is 718. The molecule has 0 aliphatic carbocycles. The summed E-state index contributed by atoms with van der Waals surface area (Å²) in [5, 5.41) is 3.63. The lowest BCUT2D eigenvalue weighted by molar-refractivity contribution is -0.124. The second-order valence-corrected chi connectivity index (χ2v) is 5.73. The highest BCUT2D eigenvalue weighted by molar-refractivity contribution is 6.30. The van der Waals surface area contributed by atoms with Gasteiger partial charge in [-0.05, 0) is 25.5 Å². The Morgan fingerprint density at radius 1 is 1.35 bits per heavy atom. The summed E-state index contributed by atoms with van der Waals surface area (Å²) < 4.78 is 5.09. The zero-order chi connectivity index (χ0) is 16.8. The highest BCUT2D eigenvalue weighted by atomic mass is 35.5. The van der Waals surface area contributed by atoms with Gasteiger partial charge in [0.2, 0.25) is 0 Å². The molecule has 0 saturated carbocycles. The highest BCUT2D eigenvalue weighted by Gasteiger charge is 2.16. The van der Waals surface area contributed by atoms with Crippen LogP contribution in [0.1, 0.15) is 37.0 Å². The van der Waals surface area contributed by atoms with Gasteiger partial charge in [-0.25, -0.2) is 9.78 Å². The molecule has 23 heavy (non-hydrogen) atoms. The normalized spacial score (nSPS) is 12.0. The summed E-state index contributed by atoms with van der Waals surface area (Å²) in [7, 11) is 0.